The lowest BCUT2D eigenvalue weighted by Gasteiger charge is -2.21. The van der Waals surface area contributed by atoms with Gasteiger partial charge in [-0.15, -0.1) is 0 Å². The molecule has 0 saturated heterocycles. The first-order chi connectivity index (χ1) is 7.00. The van der Waals surface area contributed by atoms with E-state index in [0.717, 1.165) is 11.3 Å². The zero-order chi connectivity index (χ0) is 11.4. The quantitative estimate of drug-likeness (QED) is 0.791. The Labute approximate surface area is 91.0 Å². The number of aliphatic hydroxyl groups is 2. The lowest BCUT2D eigenvalue weighted by molar-refractivity contribution is 0.199. The molecule has 0 aromatic heterocycles. The molecule has 3 heteroatoms. The molecule has 2 atom stereocenters. The van der Waals surface area contributed by atoms with Crippen LogP contribution in [-0.4, -0.2) is 29.9 Å². The van der Waals surface area contributed by atoms with Crippen LogP contribution >= 0.6 is 0 Å². The first-order valence-corrected chi connectivity index (χ1v) is 5.18. The van der Waals surface area contributed by atoms with Crippen molar-refractivity contribution in [1.82, 2.24) is 0 Å². The van der Waals surface area contributed by atoms with Crippen molar-refractivity contribution >= 4 is 5.69 Å². The molecule has 15 heavy (non-hydrogen) atoms. The van der Waals surface area contributed by atoms with E-state index in [4.69, 9.17) is 0 Å². The fourth-order valence-corrected chi connectivity index (χ4v) is 1.51. The molecular formula is C12H19NO2. The fraction of sp³-hybridized carbons (Fsp3) is 0.500. The lowest BCUT2D eigenvalue weighted by atomic mass is 10.1. The van der Waals surface area contributed by atoms with Crippen molar-refractivity contribution < 1.29 is 10.2 Å². The molecule has 0 saturated carbocycles. The molecule has 0 amide bonds. The third-order valence-electron chi connectivity index (χ3n) is 2.35. The molecule has 3 nitrogen and oxygen atoms in total. The molecular weight excluding hydrogens is 190 g/mol. The van der Waals surface area contributed by atoms with Crippen molar-refractivity contribution in [2.45, 2.75) is 26.1 Å². The summed E-state index contributed by atoms with van der Waals surface area (Å²) in [6.07, 6.45) is -0.771. The number of rotatable bonds is 4. The monoisotopic (exact) mass is 209 g/mol. The van der Waals surface area contributed by atoms with E-state index in [1.807, 2.05) is 36.2 Å². The summed E-state index contributed by atoms with van der Waals surface area (Å²) in [7, 11) is 1.93. The van der Waals surface area contributed by atoms with E-state index in [2.05, 4.69) is 0 Å². The number of likely N-dealkylation sites (N-methyl/N-ethyl adjacent to an activating group) is 1. The van der Waals surface area contributed by atoms with Crippen LogP contribution in [0.4, 0.5) is 5.69 Å². The van der Waals surface area contributed by atoms with Crippen LogP contribution in [0.5, 0.6) is 0 Å². The normalized spacial score (nSPS) is 14.7. The summed E-state index contributed by atoms with van der Waals surface area (Å²) < 4.78 is 0. The maximum atomic E-state index is 9.35. The molecule has 1 aromatic rings. The SMILES string of the molecule is CC(O)CN(C)c1ccc([C@@H](C)O)cc1. The summed E-state index contributed by atoms with van der Waals surface area (Å²) in [6, 6.07) is 7.70. The highest BCUT2D eigenvalue weighted by atomic mass is 16.3. The van der Waals surface area contributed by atoms with Crippen molar-refractivity contribution in [3.05, 3.63) is 29.8 Å². The van der Waals surface area contributed by atoms with E-state index >= 15 is 0 Å². The summed E-state index contributed by atoms with van der Waals surface area (Å²) >= 11 is 0. The van der Waals surface area contributed by atoms with Gasteiger partial charge in [-0.2, -0.15) is 0 Å². The fourth-order valence-electron chi connectivity index (χ4n) is 1.51. The van der Waals surface area contributed by atoms with Gasteiger partial charge >= 0.3 is 0 Å². The molecule has 0 heterocycles. The van der Waals surface area contributed by atoms with Gasteiger partial charge < -0.3 is 15.1 Å². The standard InChI is InChI=1S/C12H19NO2/c1-9(14)8-13(3)12-6-4-11(5-7-12)10(2)15/h4-7,9-10,14-15H,8H2,1-3H3/t9?,10-/m1/s1. The van der Waals surface area contributed by atoms with E-state index in [1.54, 1.807) is 13.8 Å². The summed E-state index contributed by atoms with van der Waals surface area (Å²) in [5.41, 5.74) is 1.95. The van der Waals surface area contributed by atoms with E-state index in [0.29, 0.717) is 6.54 Å². The van der Waals surface area contributed by atoms with Gasteiger partial charge in [-0.3, -0.25) is 0 Å². The second-order valence-electron chi connectivity index (χ2n) is 4.00. The molecule has 84 valence electrons. The zero-order valence-corrected chi connectivity index (χ0v) is 9.51. The summed E-state index contributed by atoms with van der Waals surface area (Å²) in [6.45, 7) is 4.11. The largest absolute Gasteiger partial charge is 0.392 e. The van der Waals surface area contributed by atoms with Crippen LogP contribution in [0, 0.1) is 0 Å². The molecule has 0 spiro atoms. The minimum Gasteiger partial charge on any atom is -0.392 e. The summed E-state index contributed by atoms with van der Waals surface area (Å²) in [4.78, 5) is 1.98. The maximum Gasteiger partial charge on any atom is 0.0761 e. The molecule has 0 bridgehead atoms. The summed E-state index contributed by atoms with van der Waals surface area (Å²) in [5, 5.41) is 18.6. The highest BCUT2D eigenvalue weighted by molar-refractivity contribution is 5.47. The van der Waals surface area contributed by atoms with Crippen molar-refractivity contribution in [2.75, 3.05) is 18.5 Å². The van der Waals surface area contributed by atoms with Crippen LogP contribution in [-0.2, 0) is 0 Å². The first kappa shape index (κ1) is 12.0. The highest BCUT2D eigenvalue weighted by Gasteiger charge is 2.05. The van der Waals surface area contributed by atoms with Crippen molar-refractivity contribution in [3.63, 3.8) is 0 Å². The van der Waals surface area contributed by atoms with E-state index < -0.39 is 6.10 Å². The molecule has 0 aliphatic heterocycles. The van der Waals surface area contributed by atoms with Gasteiger partial charge in [0.25, 0.3) is 0 Å². The molecule has 0 aliphatic rings. The van der Waals surface area contributed by atoms with Gasteiger partial charge in [0.2, 0.25) is 0 Å². The Hall–Kier alpha value is -1.06. The van der Waals surface area contributed by atoms with E-state index in [-0.39, 0.29) is 6.10 Å². The molecule has 1 rings (SSSR count). The predicted molar refractivity (Wildman–Crippen MR) is 62.0 cm³/mol. The topological polar surface area (TPSA) is 43.7 Å². The molecule has 1 unspecified atom stereocenters. The van der Waals surface area contributed by atoms with Gasteiger partial charge in [-0.05, 0) is 31.5 Å². The van der Waals surface area contributed by atoms with Crippen LogP contribution in [0.25, 0.3) is 0 Å². The minimum absolute atomic E-state index is 0.341. The third kappa shape index (κ3) is 3.53. The van der Waals surface area contributed by atoms with Gasteiger partial charge in [0, 0.05) is 19.3 Å². The number of anilines is 1. The number of hydrogen-bond donors (Lipinski definition) is 2. The number of aliphatic hydroxyl groups excluding tert-OH is 2. The van der Waals surface area contributed by atoms with Crippen LogP contribution in [0.1, 0.15) is 25.5 Å². The van der Waals surface area contributed by atoms with E-state index in [9.17, 15) is 10.2 Å². The average Bonchev–Trinajstić information content (AvgIpc) is 2.17. The Balaban J connectivity index is 2.71. The van der Waals surface area contributed by atoms with Crippen molar-refractivity contribution in [1.29, 1.82) is 0 Å². The first-order valence-electron chi connectivity index (χ1n) is 5.18. The van der Waals surface area contributed by atoms with Gasteiger partial charge in [-0.25, -0.2) is 0 Å². The second kappa shape index (κ2) is 5.14. The van der Waals surface area contributed by atoms with Crippen LogP contribution in [0.3, 0.4) is 0 Å². The van der Waals surface area contributed by atoms with Crippen molar-refractivity contribution in [3.8, 4) is 0 Å². The second-order valence-corrected chi connectivity index (χ2v) is 4.00. The van der Waals surface area contributed by atoms with Gasteiger partial charge in [0.15, 0.2) is 0 Å². The zero-order valence-electron chi connectivity index (χ0n) is 9.51. The maximum absolute atomic E-state index is 9.35. The van der Waals surface area contributed by atoms with E-state index in [1.165, 1.54) is 0 Å². The predicted octanol–water partition coefficient (Wildman–Crippen LogP) is 1.56. The molecule has 0 fully saturated rings. The Bertz CT molecular complexity index is 293. The Morgan fingerprint density at radius 2 is 1.67 bits per heavy atom. The number of nitrogens with zero attached hydrogens (tertiary/aromatic N) is 1. The van der Waals surface area contributed by atoms with Crippen LogP contribution in [0.15, 0.2) is 24.3 Å². The smallest absolute Gasteiger partial charge is 0.0761 e. The lowest BCUT2D eigenvalue weighted by Crippen LogP contribution is -2.26. The average molecular weight is 209 g/mol. The Kier molecular flexibility index (Phi) is 4.12. The Morgan fingerprint density at radius 1 is 1.13 bits per heavy atom. The summed E-state index contributed by atoms with van der Waals surface area (Å²) in [5.74, 6) is 0. The molecule has 0 radical (unpaired) electrons. The third-order valence-corrected chi connectivity index (χ3v) is 2.35. The number of benzene rings is 1. The molecule has 1 aromatic carbocycles. The Morgan fingerprint density at radius 3 is 2.07 bits per heavy atom. The van der Waals surface area contributed by atoms with Gasteiger partial charge in [0.1, 0.15) is 0 Å². The van der Waals surface area contributed by atoms with Crippen LogP contribution in [0.2, 0.25) is 0 Å². The van der Waals surface area contributed by atoms with Gasteiger partial charge in [-0.1, -0.05) is 12.1 Å². The minimum atomic E-state index is -0.430. The van der Waals surface area contributed by atoms with Crippen molar-refractivity contribution in [2.24, 2.45) is 0 Å². The van der Waals surface area contributed by atoms with Gasteiger partial charge in [0.05, 0.1) is 12.2 Å². The molecule has 0 aliphatic carbocycles. The highest BCUT2D eigenvalue weighted by Crippen LogP contribution is 2.18. The van der Waals surface area contributed by atoms with Crippen LogP contribution < -0.4 is 4.90 Å². The number of hydrogen-bond acceptors (Lipinski definition) is 3. The molecule has 2 N–H and O–H groups in total.